The highest BCUT2D eigenvalue weighted by Gasteiger charge is 2.28. The van der Waals surface area contributed by atoms with Crippen LogP contribution in [0.1, 0.15) is 33.4 Å². The van der Waals surface area contributed by atoms with Gasteiger partial charge in [0.15, 0.2) is 0 Å². The van der Waals surface area contributed by atoms with E-state index in [1.165, 1.54) is 39.1 Å². The van der Waals surface area contributed by atoms with Gasteiger partial charge in [-0.15, -0.1) is 0 Å². The van der Waals surface area contributed by atoms with E-state index in [1.54, 1.807) is 14.2 Å². The van der Waals surface area contributed by atoms with E-state index >= 15 is 0 Å². The smallest absolute Gasteiger partial charge is 0.120 e. The van der Waals surface area contributed by atoms with Gasteiger partial charge in [0.2, 0.25) is 0 Å². The van der Waals surface area contributed by atoms with Gasteiger partial charge in [-0.2, -0.15) is 0 Å². The lowest BCUT2D eigenvalue weighted by Crippen LogP contribution is -2.27. The fourth-order valence-corrected chi connectivity index (χ4v) is 4.73. The van der Waals surface area contributed by atoms with Crippen LogP contribution in [0.4, 0.5) is 5.69 Å². The number of hydrogen-bond donors (Lipinski definition) is 0. The van der Waals surface area contributed by atoms with Crippen molar-refractivity contribution in [3.05, 3.63) is 124 Å². The minimum absolute atomic E-state index is 0.777. The molecule has 0 radical (unpaired) electrons. The lowest BCUT2D eigenvalue weighted by atomic mass is 9.85. The molecule has 3 nitrogen and oxygen atoms in total. The Balaban J connectivity index is 1.87. The summed E-state index contributed by atoms with van der Waals surface area (Å²) >= 11 is 0. The Labute approximate surface area is 201 Å². The lowest BCUT2D eigenvalue weighted by molar-refractivity contribution is 0.414. The third-order valence-electron chi connectivity index (χ3n) is 6.38. The molecule has 0 saturated carbocycles. The minimum atomic E-state index is 0.777. The second-order valence-electron chi connectivity index (χ2n) is 8.77. The molecular weight excluding hydrogens is 418 g/mol. The molecule has 1 aliphatic rings. The van der Waals surface area contributed by atoms with Crippen molar-refractivity contribution >= 4 is 17.0 Å². The summed E-state index contributed by atoms with van der Waals surface area (Å²) in [6.07, 6.45) is 0. The second kappa shape index (κ2) is 9.11. The van der Waals surface area contributed by atoms with Gasteiger partial charge >= 0.3 is 0 Å². The largest absolute Gasteiger partial charge is 0.497 e. The predicted octanol–water partition coefficient (Wildman–Crippen LogP) is 7.26. The number of methoxy groups -OCH3 is 2. The summed E-state index contributed by atoms with van der Waals surface area (Å²) in [6, 6.07) is 32.2. The van der Waals surface area contributed by atoms with E-state index in [0.29, 0.717) is 0 Å². The van der Waals surface area contributed by atoms with Crippen LogP contribution in [0.2, 0.25) is 0 Å². The molecule has 4 aromatic carbocycles. The number of hydrogen-bond acceptors (Lipinski definition) is 3. The van der Waals surface area contributed by atoms with E-state index in [2.05, 4.69) is 97.6 Å². The second-order valence-corrected chi connectivity index (χ2v) is 8.77. The summed E-state index contributed by atoms with van der Waals surface area (Å²) in [4.78, 5) is 2.41. The topological polar surface area (TPSA) is 21.7 Å². The number of rotatable bonds is 5. The molecule has 0 saturated heterocycles. The van der Waals surface area contributed by atoms with Crippen molar-refractivity contribution in [1.82, 2.24) is 0 Å². The van der Waals surface area contributed by atoms with Crippen LogP contribution in [-0.2, 0) is 6.54 Å². The van der Waals surface area contributed by atoms with Gasteiger partial charge in [-0.3, -0.25) is 0 Å². The Bertz CT molecular complexity index is 1390. The van der Waals surface area contributed by atoms with E-state index in [4.69, 9.17) is 9.47 Å². The quantitative estimate of drug-likeness (QED) is 0.321. The van der Waals surface area contributed by atoms with Gasteiger partial charge in [-0.1, -0.05) is 65.7 Å². The number of ether oxygens (including phenoxy) is 2. The molecule has 4 aromatic rings. The van der Waals surface area contributed by atoms with Crippen molar-refractivity contribution in [2.24, 2.45) is 0 Å². The molecule has 170 valence electrons. The molecule has 3 heteroatoms. The standard InChI is InChI=1S/C31H29NO2/c1-21-8-5-10-24(16-21)31-30(23-9-6-12-27(18-23)33-3)29-17-22(2)14-15-25(29)20-32(31)26-11-7-13-28(19-26)34-4/h5-19H,20H2,1-4H3. The first-order chi connectivity index (χ1) is 16.6. The van der Waals surface area contributed by atoms with Gasteiger partial charge in [-0.05, 0) is 66.4 Å². The third kappa shape index (κ3) is 4.06. The summed E-state index contributed by atoms with van der Waals surface area (Å²) in [6.45, 7) is 5.08. The number of fused-ring (bicyclic) bond motifs is 1. The van der Waals surface area contributed by atoms with Crippen LogP contribution in [0.15, 0.2) is 91.0 Å². The van der Waals surface area contributed by atoms with Gasteiger partial charge in [0, 0.05) is 23.9 Å². The molecule has 34 heavy (non-hydrogen) atoms. The average molecular weight is 448 g/mol. The van der Waals surface area contributed by atoms with Crippen LogP contribution in [0.25, 0.3) is 11.3 Å². The molecule has 0 N–H and O–H groups in total. The van der Waals surface area contributed by atoms with E-state index in [-0.39, 0.29) is 0 Å². The minimum Gasteiger partial charge on any atom is -0.497 e. The molecule has 0 aliphatic carbocycles. The zero-order chi connectivity index (χ0) is 23.7. The van der Waals surface area contributed by atoms with E-state index in [1.807, 2.05) is 12.1 Å². The van der Waals surface area contributed by atoms with Gasteiger partial charge in [-0.25, -0.2) is 0 Å². The van der Waals surface area contributed by atoms with E-state index in [0.717, 1.165) is 29.3 Å². The maximum absolute atomic E-state index is 5.61. The molecule has 0 unspecified atom stereocenters. The van der Waals surface area contributed by atoms with Crippen LogP contribution in [0, 0.1) is 13.8 Å². The summed E-state index contributed by atoms with van der Waals surface area (Å²) in [7, 11) is 3.43. The Morgan fingerprint density at radius 2 is 1.32 bits per heavy atom. The molecule has 0 amide bonds. The van der Waals surface area contributed by atoms with Gasteiger partial charge < -0.3 is 14.4 Å². The van der Waals surface area contributed by atoms with Crippen molar-refractivity contribution in [2.45, 2.75) is 20.4 Å². The number of anilines is 1. The van der Waals surface area contributed by atoms with Crippen LogP contribution in [0.3, 0.4) is 0 Å². The van der Waals surface area contributed by atoms with Crippen molar-refractivity contribution in [1.29, 1.82) is 0 Å². The number of aryl methyl sites for hydroxylation is 2. The highest BCUT2D eigenvalue weighted by atomic mass is 16.5. The van der Waals surface area contributed by atoms with Crippen LogP contribution >= 0.6 is 0 Å². The lowest BCUT2D eigenvalue weighted by Gasteiger charge is -2.36. The first kappa shape index (κ1) is 21.8. The monoisotopic (exact) mass is 447 g/mol. The molecule has 0 spiro atoms. The maximum atomic E-state index is 5.61. The third-order valence-corrected chi connectivity index (χ3v) is 6.38. The molecule has 0 atom stereocenters. The molecule has 5 rings (SSSR count). The summed E-state index contributed by atoms with van der Waals surface area (Å²) < 4.78 is 11.2. The first-order valence-electron chi connectivity index (χ1n) is 11.5. The van der Waals surface area contributed by atoms with Gasteiger partial charge in [0.25, 0.3) is 0 Å². The molecule has 0 fully saturated rings. The Morgan fingerprint density at radius 3 is 2.09 bits per heavy atom. The van der Waals surface area contributed by atoms with Crippen LogP contribution < -0.4 is 14.4 Å². The van der Waals surface area contributed by atoms with Crippen LogP contribution in [-0.4, -0.2) is 14.2 Å². The zero-order valence-electron chi connectivity index (χ0n) is 20.1. The summed E-state index contributed by atoms with van der Waals surface area (Å²) in [5, 5.41) is 0. The Hall–Kier alpha value is -3.98. The number of benzene rings is 4. The molecule has 0 aromatic heterocycles. The van der Waals surface area contributed by atoms with Crippen molar-refractivity contribution in [2.75, 3.05) is 19.1 Å². The molecule has 1 aliphatic heterocycles. The molecule has 1 heterocycles. The average Bonchev–Trinajstić information content (AvgIpc) is 2.87. The molecular formula is C31H29NO2. The first-order valence-corrected chi connectivity index (χ1v) is 11.5. The predicted molar refractivity (Wildman–Crippen MR) is 140 cm³/mol. The zero-order valence-corrected chi connectivity index (χ0v) is 20.1. The number of nitrogens with zero attached hydrogens (tertiary/aromatic N) is 1. The van der Waals surface area contributed by atoms with Crippen LogP contribution in [0.5, 0.6) is 11.5 Å². The highest BCUT2D eigenvalue weighted by molar-refractivity contribution is 6.05. The van der Waals surface area contributed by atoms with Gasteiger partial charge in [0.05, 0.1) is 19.9 Å². The normalized spacial score (nSPS) is 13.0. The highest BCUT2D eigenvalue weighted by Crippen LogP contribution is 2.44. The van der Waals surface area contributed by atoms with Crippen molar-refractivity contribution < 1.29 is 9.47 Å². The maximum Gasteiger partial charge on any atom is 0.120 e. The Kier molecular flexibility index (Phi) is 5.85. The van der Waals surface area contributed by atoms with E-state index < -0.39 is 0 Å². The molecule has 0 bridgehead atoms. The fourth-order valence-electron chi connectivity index (χ4n) is 4.73. The SMILES string of the molecule is COc1cccc(C2=C(c3cccc(C)c3)N(c3cccc(OC)c3)Cc3ccc(C)cc32)c1. The van der Waals surface area contributed by atoms with E-state index in [9.17, 15) is 0 Å². The summed E-state index contributed by atoms with van der Waals surface area (Å²) in [5.74, 6) is 1.69. The Morgan fingerprint density at radius 1 is 0.647 bits per heavy atom. The van der Waals surface area contributed by atoms with Crippen molar-refractivity contribution in [3.8, 4) is 11.5 Å². The fraction of sp³-hybridized carbons (Fsp3) is 0.161. The summed E-state index contributed by atoms with van der Waals surface area (Å²) in [5.41, 5.74) is 10.9. The van der Waals surface area contributed by atoms with Crippen molar-refractivity contribution in [3.63, 3.8) is 0 Å². The van der Waals surface area contributed by atoms with Gasteiger partial charge in [0.1, 0.15) is 11.5 Å².